The van der Waals surface area contributed by atoms with Crippen molar-refractivity contribution in [3.63, 3.8) is 0 Å². The fraction of sp³-hybridized carbons (Fsp3) is 0.217. The molecule has 0 bridgehead atoms. The minimum atomic E-state index is 0.0295. The molecule has 0 spiro atoms. The molecule has 0 fully saturated rings. The van der Waals surface area contributed by atoms with Gasteiger partial charge in [-0.2, -0.15) is 5.10 Å². The Hall–Kier alpha value is -3.54. The third-order valence-corrected chi connectivity index (χ3v) is 5.45. The van der Waals surface area contributed by atoms with Gasteiger partial charge in [0, 0.05) is 29.6 Å². The Kier molecular flexibility index (Phi) is 4.31. The fourth-order valence-corrected chi connectivity index (χ4v) is 3.90. The number of ether oxygens (including phenoxy) is 1. The van der Waals surface area contributed by atoms with E-state index in [-0.39, 0.29) is 5.91 Å². The predicted molar refractivity (Wildman–Crippen MR) is 112 cm³/mol. The number of H-pyrrole nitrogens is 1. The van der Waals surface area contributed by atoms with Gasteiger partial charge in [-0.15, -0.1) is 0 Å². The van der Waals surface area contributed by atoms with Gasteiger partial charge in [-0.1, -0.05) is 18.2 Å². The van der Waals surface area contributed by atoms with E-state index >= 15 is 0 Å². The number of methoxy groups -OCH3 is 1. The Morgan fingerprint density at radius 3 is 2.69 bits per heavy atom. The van der Waals surface area contributed by atoms with Crippen molar-refractivity contribution < 1.29 is 9.53 Å². The maximum absolute atomic E-state index is 13.1. The van der Waals surface area contributed by atoms with E-state index in [2.05, 4.69) is 11.1 Å². The summed E-state index contributed by atoms with van der Waals surface area (Å²) in [6, 6.07) is 19.9. The van der Waals surface area contributed by atoms with Crippen LogP contribution in [-0.4, -0.2) is 39.2 Å². The van der Waals surface area contributed by atoms with Crippen molar-refractivity contribution in [1.29, 1.82) is 0 Å². The van der Waals surface area contributed by atoms with E-state index < -0.39 is 0 Å². The summed E-state index contributed by atoms with van der Waals surface area (Å²) in [6.45, 7) is 2.08. The lowest BCUT2D eigenvalue weighted by molar-refractivity contribution is 0.0741. The van der Waals surface area contributed by atoms with Crippen LogP contribution >= 0.6 is 0 Å². The van der Waals surface area contributed by atoms with E-state index in [1.54, 1.807) is 7.11 Å². The second-order valence-corrected chi connectivity index (χ2v) is 7.32. The van der Waals surface area contributed by atoms with Crippen LogP contribution in [0.15, 0.2) is 60.7 Å². The zero-order valence-electron chi connectivity index (χ0n) is 16.3. The van der Waals surface area contributed by atoms with Crippen molar-refractivity contribution in [2.24, 2.45) is 0 Å². The molecule has 0 aliphatic carbocycles. The van der Waals surface area contributed by atoms with Crippen molar-refractivity contribution in [3.05, 3.63) is 72.1 Å². The third-order valence-electron chi connectivity index (χ3n) is 5.45. The van der Waals surface area contributed by atoms with Gasteiger partial charge in [-0.05, 0) is 48.9 Å². The van der Waals surface area contributed by atoms with Gasteiger partial charge in [0.25, 0.3) is 5.91 Å². The molecular weight excluding hydrogens is 364 g/mol. The summed E-state index contributed by atoms with van der Waals surface area (Å²) in [7, 11) is 1.66. The number of para-hydroxylation sites is 1. The molecule has 0 saturated carbocycles. The molecule has 29 heavy (non-hydrogen) atoms. The molecule has 4 aromatic rings. The molecule has 2 aromatic carbocycles. The summed E-state index contributed by atoms with van der Waals surface area (Å²) in [4.78, 5) is 18.3. The quantitative estimate of drug-likeness (QED) is 0.577. The normalized spacial score (nSPS) is 13.9. The summed E-state index contributed by atoms with van der Waals surface area (Å²) in [6.07, 6.45) is 0.878. The number of aromatic nitrogens is 3. The molecule has 6 nitrogen and oxygen atoms in total. The number of aryl methyl sites for hydroxylation is 1. The van der Waals surface area contributed by atoms with E-state index in [0.29, 0.717) is 12.2 Å². The standard InChI is InChI=1S/C23H22N4O2/c1-29-19-9-7-16(8-10-19)21-14-18-15-26(11-4-12-27(18)25-21)23(28)22-13-17-5-2-3-6-20(17)24-22/h2-3,5-10,13-14,24H,4,11-12,15H2,1H3. The van der Waals surface area contributed by atoms with Crippen LogP contribution in [0.4, 0.5) is 0 Å². The number of carbonyl (C=O) groups is 1. The van der Waals surface area contributed by atoms with Gasteiger partial charge in [-0.3, -0.25) is 9.48 Å². The molecule has 1 amide bonds. The van der Waals surface area contributed by atoms with E-state index in [1.807, 2.05) is 64.2 Å². The summed E-state index contributed by atoms with van der Waals surface area (Å²) in [5.41, 5.74) is 4.63. The van der Waals surface area contributed by atoms with Gasteiger partial charge in [0.15, 0.2) is 0 Å². The first-order valence-electron chi connectivity index (χ1n) is 9.79. The van der Waals surface area contributed by atoms with Crippen LogP contribution in [0.1, 0.15) is 22.6 Å². The molecular formula is C23H22N4O2. The molecule has 6 heteroatoms. The number of hydrogen-bond donors (Lipinski definition) is 1. The zero-order chi connectivity index (χ0) is 19.8. The van der Waals surface area contributed by atoms with E-state index in [0.717, 1.165) is 53.1 Å². The van der Waals surface area contributed by atoms with Gasteiger partial charge in [0.1, 0.15) is 11.4 Å². The second kappa shape index (κ2) is 7.13. The van der Waals surface area contributed by atoms with Crippen LogP contribution < -0.4 is 4.74 Å². The van der Waals surface area contributed by atoms with Crippen molar-refractivity contribution in [1.82, 2.24) is 19.7 Å². The van der Waals surface area contributed by atoms with E-state index in [1.165, 1.54) is 0 Å². The van der Waals surface area contributed by atoms with Crippen LogP contribution in [0.3, 0.4) is 0 Å². The Morgan fingerprint density at radius 1 is 1.07 bits per heavy atom. The lowest BCUT2D eigenvalue weighted by Gasteiger charge is -2.19. The van der Waals surface area contributed by atoms with Crippen LogP contribution in [0, 0.1) is 0 Å². The van der Waals surface area contributed by atoms with Crippen LogP contribution in [0.25, 0.3) is 22.2 Å². The predicted octanol–water partition coefficient (Wildman–Crippen LogP) is 4.09. The Morgan fingerprint density at radius 2 is 1.90 bits per heavy atom. The summed E-state index contributed by atoms with van der Waals surface area (Å²) >= 11 is 0. The number of amides is 1. The number of rotatable bonds is 3. The Labute approximate surface area is 168 Å². The molecule has 0 saturated heterocycles. The molecule has 1 N–H and O–H groups in total. The Bertz CT molecular complexity index is 1140. The number of benzene rings is 2. The van der Waals surface area contributed by atoms with Crippen molar-refractivity contribution in [2.75, 3.05) is 13.7 Å². The van der Waals surface area contributed by atoms with Gasteiger partial charge in [0.2, 0.25) is 0 Å². The molecule has 5 rings (SSSR count). The number of fused-ring (bicyclic) bond motifs is 2. The van der Waals surface area contributed by atoms with Crippen LogP contribution in [0.5, 0.6) is 5.75 Å². The molecule has 2 aromatic heterocycles. The smallest absolute Gasteiger partial charge is 0.270 e. The second-order valence-electron chi connectivity index (χ2n) is 7.32. The highest BCUT2D eigenvalue weighted by atomic mass is 16.5. The number of carbonyl (C=O) groups excluding carboxylic acids is 1. The highest BCUT2D eigenvalue weighted by Gasteiger charge is 2.23. The average molecular weight is 386 g/mol. The van der Waals surface area contributed by atoms with Crippen molar-refractivity contribution >= 4 is 16.8 Å². The molecule has 1 aliphatic heterocycles. The van der Waals surface area contributed by atoms with Crippen molar-refractivity contribution in [2.45, 2.75) is 19.5 Å². The topological polar surface area (TPSA) is 63.1 Å². The fourth-order valence-electron chi connectivity index (χ4n) is 3.90. The molecule has 3 heterocycles. The first-order valence-corrected chi connectivity index (χ1v) is 9.79. The summed E-state index contributed by atoms with van der Waals surface area (Å²) in [5, 5.41) is 5.82. The lowest BCUT2D eigenvalue weighted by Crippen LogP contribution is -2.30. The molecule has 0 atom stereocenters. The van der Waals surface area contributed by atoms with Crippen LogP contribution in [0.2, 0.25) is 0 Å². The van der Waals surface area contributed by atoms with Gasteiger partial charge < -0.3 is 14.6 Å². The molecule has 1 aliphatic rings. The minimum absolute atomic E-state index is 0.0295. The average Bonchev–Trinajstić information content (AvgIpc) is 3.32. The molecule has 146 valence electrons. The maximum atomic E-state index is 13.1. The summed E-state index contributed by atoms with van der Waals surface area (Å²) in [5.74, 6) is 0.853. The highest BCUT2D eigenvalue weighted by Crippen LogP contribution is 2.25. The monoisotopic (exact) mass is 386 g/mol. The maximum Gasteiger partial charge on any atom is 0.270 e. The van der Waals surface area contributed by atoms with Gasteiger partial charge >= 0.3 is 0 Å². The van der Waals surface area contributed by atoms with Gasteiger partial charge in [0.05, 0.1) is 25.0 Å². The zero-order valence-corrected chi connectivity index (χ0v) is 16.3. The van der Waals surface area contributed by atoms with E-state index in [4.69, 9.17) is 9.84 Å². The molecule has 0 unspecified atom stereocenters. The number of hydrogen-bond acceptors (Lipinski definition) is 3. The van der Waals surface area contributed by atoms with Gasteiger partial charge in [-0.25, -0.2) is 0 Å². The largest absolute Gasteiger partial charge is 0.497 e. The summed E-state index contributed by atoms with van der Waals surface area (Å²) < 4.78 is 7.26. The number of nitrogens with zero attached hydrogens (tertiary/aromatic N) is 3. The first-order chi connectivity index (χ1) is 14.2. The number of nitrogens with one attached hydrogen (secondary N) is 1. The SMILES string of the molecule is COc1ccc(-c2cc3n(n2)CCCN(C(=O)c2cc4ccccc4[nH]2)C3)cc1. The third kappa shape index (κ3) is 3.27. The van der Waals surface area contributed by atoms with Crippen LogP contribution in [-0.2, 0) is 13.1 Å². The first kappa shape index (κ1) is 17.6. The Balaban J connectivity index is 1.41. The molecule has 0 radical (unpaired) electrons. The minimum Gasteiger partial charge on any atom is -0.497 e. The lowest BCUT2D eigenvalue weighted by atomic mass is 10.1. The number of aromatic amines is 1. The highest BCUT2D eigenvalue weighted by molar-refractivity contribution is 5.98. The van der Waals surface area contributed by atoms with E-state index in [9.17, 15) is 4.79 Å². The van der Waals surface area contributed by atoms with Crippen molar-refractivity contribution in [3.8, 4) is 17.0 Å².